The number of benzene rings is 1. The van der Waals surface area contributed by atoms with Crippen LogP contribution in [-0.4, -0.2) is 41.6 Å². The van der Waals surface area contributed by atoms with Crippen molar-refractivity contribution < 1.29 is 8.42 Å². The van der Waals surface area contributed by atoms with Crippen LogP contribution in [0.15, 0.2) is 47.6 Å². The van der Waals surface area contributed by atoms with E-state index in [9.17, 15) is 8.42 Å². The summed E-state index contributed by atoms with van der Waals surface area (Å²) in [5.74, 6) is 0.397. The van der Waals surface area contributed by atoms with Crippen LogP contribution in [0.4, 0.5) is 0 Å². The minimum absolute atomic E-state index is 0.112. The van der Waals surface area contributed by atoms with Crippen molar-refractivity contribution in [3.05, 3.63) is 42.7 Å². The molecule has 0 saturated carbocycles. The van der Waals surface area contributed by atoms with Crippen molar-refractivity contribution in [3.63, 3.8) is 0 Å². The number of hydrogen-bond donors (Lipinski definition) is 1. The van der Waals surface area contributed by atoms with Crippen molar-refractivity contribution in [1.29, 1.82) is 0 Å². The summed E-state index contributed by atoms with van der Waals surface area (Å²) in [5, 5.41) is 4.18. The van der Waals surface area contributed by atoms with Crippen LogP contribution in [0.2, 0.25) is 0 Å². The SMILES string of the molecule is CC(N)C1CCN(S(=O)(=O)c2cnn(-c3ccccc3)c2)CC1. The lowest BCUT2D eigenvalue weighted by atomic mass is 9.92. The molecule has 0 radical (unpaired) electrons. The van der Waals surface area contributed by atoms with Gasteiger partial charge in [0.25, 0.3) is 0 Å². The zero-order chi connectivity index (χ0) is 16.4. The van der Waals surface area contributed by atoms with Gasteiger partial charge in [0.05, 0.1) is 18.1 Å². The smallest absolute Gasteiger partial charge is 0.246 e. The summed E-state index contributed by atoms with van der Waals surface area (Å²) in [5.41, 5.74) is 6.76. The summed E-state index contributed by atoms with van der Waals surface area (Å²) in [6.07, 6.45) is 4.61. The highest BCUT2D eigenvalue weighted by molar-refractivity contribution is 7.89. The molecule has 0 bridgehead atoms. The fourth-order valence-electron chi connectivity index (χ4n) is 2.95. The monoisotopic (exact) mass is 334 g/mol. The molecule has 1 aliphatic rings. The first-order valence-corrected chi connectivity index (χ1v) is 9.28. The Morgan fingerprint density at radius 1 is 1.22 bits per heavy atom. The van der Waals surface area contributed by atoms with Gasteiger partial charge in [0, 0.05) is 19.1 Å². The van der Waals surface area contributed by atoms with Gasteiger partial charge in [-0.25, -0.2) is 13.1 Å². The Morgan fingerprint density at radius 2 is 1.87 bits per heavy atom. The summed E-state index contributed by atoms with van der Waals surface area (Å²) in [6, 6.07) is 9.58. The van der Waals surface area contributed by atoms with Crippen LogP contribution >= 0.6 is 0 Å². The summed E-state index contributed by atoms with van der Waals surface area (Å²) >= 11 is 0. The third kappa shape index (κ3) is 3.31. The van der Waals surface area contributed by atoms with Crippen molar-refractivity contribution >= 4 is 10.0 Å². The van der Waals surface area contributed by atoms with Gasteiger partial charge in [-0.1, -0.05) is 18.2 Å². The molecular weight excluding hydrogens is 312 g/mol. The molecule has 2 aromatic rings. The fraction of sp³-hybridized carbons (Fsp3) is 0.438. The highest BCUT2D eigenvalue weighted by atomic mass is 32.2. The van der Waals surface area contributed by atoms with Gasteiger partial charge in [-0.15, -0.1) is 0 Å². The highest BCUT2D eigenvalue weighted by Crippen LogP contribution is 2.25. The average molecular weight is 334 g/mol. The van der Waals surface area contributed by atoms with Crippen LogP contribution in [0.5, 0.6) is 0 Å². The summed E-state index contributed by atoms with van der Waals surface area (Å²) in [4.78, 5) is 0.237. The van der Waals surface area contributed by atoms with E-state index in [4.69, 9.17) is 5.73 Å². The van der Waals surface area contributed by atoms with E-state index in [1.54, 1.807) is 10.9 Å². The van der Waals surface area contributed by atoms with Gasteiger partial charge in [-0.2, -0.15) is 9.40 Å². The molecule has 0 aliphatic carbocycles. The van der Waals surface area contributed by atoms with Crippen molar-refractivity contribution in [1.82, 2.24) is 14.1 Å². The van der Waals surface area contributed by atoms with Gasteiger partial charge < -0.3 is 5.73 Å². The van der Waals surface area contributed by atoms with Gasteiger partial charge in [-0.05, 0) is 37.8 Å². The normalized spacial score (nSPS) is 18.9. The van der Waals surface area contributed by atoms with Gasteiger partial charge in [-0.3, -0.25) is 0 Å². The molecule has 1 aromatic heterocycles. The minimum Gasteiger partial charge on any atom is -0.328 e. The number of para-hydroxylation sites is 1. The summed E-state index contributed by atoms with van der Waals surface area (Å²) < 4.78 is 28.6. The van der Waals surface area contributed by atoms with Crippen molar-refractivity contribution in [3.8, 4) is 5.69 Å². The lowest BCUT2D eigenvalue weighted by Gasteiger charge is -2.32. The number of aromatic nitrogens is 2. The third-order valence-electron chi connectivity index (χ3n) is 4.46. The molecule has 1 saturated heterocycles. The van der Waals surface area contributed by atoms with Crippen LogP contribution in [0.1, 0.15) is 19.8 Å². The largest absolute Gasteiger partial charge is 0.328 e. The molecule has 124 valence electrons. The van der Waals surface area contributed by atoms with Crippen LogP contribution in [-0.2, 0) is 10.0 Å². The lowest BCUT2D eigenvalue weighted by molar-refractivity contribution is 0.250. The number of hydrogen-bond acceptors (Lipinski definition) is 4. The molecule has 1 aromatic carbocycles. The number of nitrogens with two attached hydrogens (primary N) is 1. The molecule has 0 spiro atoms. The second kappa shape index (κ2) is 6.43. The van der Waals surface area contributed by atoms with Gasteiger partial charge in [0.2, 0.25) is 10.0 Å². The highest BCUT2D eigenvalue weighted by Gasteiger charge is 2.31. The summed E-state index contributed by atoms with van der Waals surface area (Å²) in [6.45, 7) is 3.02. The lowest BCUT2D eigenvalue weighted by Crippen LogP contribution is -2.42. The van der Waals surface area contributed by atoms with E-state index in [0.717, 1.165) is 18.5 Å². The van der Waals surface area contributed by atoms with Crippen molar-refractivity contribution in [2.45, 2.75) is 30.7 Å². The predicted molar refractivity (Wildman–Crippen MR) is 88.7 cm³/mol. The zero-order valence-corrected chi connectivity index (χ0v) is 14.0. The Balaban J connectivity index is 1.78. The summed E-state index contributed by atoms with van der Waals surface area (Å²) in [7, 11) is -3.49. The Kier molecular flexibility index (Phi) is 4.52. The minimum atomic E-state index is -3.49. The van der Waals surface area contributed by atoms with Crippen molar-refractivity contribution in [2.24, 2.45) is 11.7 Å². The van der Waals surface area contributed by atoms with E-state index < -0.39 is 10.0 Å². The van der Waals surface area contributed by atoms with E-state index in [2.05, 4.69) is 5.10 Å². The van der Waals surface area contributed by atoms with Crippen LogP contribution in [0.25, 0.3) is 5.69 Å². The van der Waals surface area contributed by atoms with Crippen LogP contribution < -0.4 is 5.73 Å². The number of piperidine rings is 1. The molecule has 0 amide bonds. The molecule has 1 fully saturated rings. The molecule has 3 rings (SSSR count). The quantitative estimate of drug-likeness (QED) is 0.921. The Bertz CT molecular complexity index is 747. The van der Waals surface area contributed by atoms with E-state index in [-0.39, 0.29) is 10.9 Å². The van der Waals surface area contributed by atoms with E-state index in [1.807, 2.05) is 37.3 Å². The molecule has 2 heterocycles. The van der Waals surface area contributed by atoms with Gasteiger partial charge in [0.1, 0.15) is 4.90 Å². The maximum Gasteiger partial charge on any atom is 0.246 e. The molecule has 1 atom stereocenters. The first-order valence-electron chi connectivity index (χ1n) is 7.84. The maximum absolute atomic E-state index is 12.7. The number of sulfonamides is 1. The maximum atomic E-state index is 12.7. The molecule has 7 heteroatoms. The predicted octanol–water partition coefficient (Wildman–Crippen LogP) is 1.62. The van der Waals surface area contributed by atoms with Gasteiger partial charge >= 0.3 is 0 Å². The first-order chi connectivity index (χ1) is 11.0. The molecule has 6 nitrogen and oxygen atoms in total. The fourth-order valence-corrected chi connectivity index (χ4v) is 4.36. The van der Waals surface area contributed by atoms with Crippen LogP contribution in [0, 0.1) is 5.92 Å². The molecule has 23 heavy (non-hydrogen) atoms. The first kappa shape index (κ1) is 16.2. The molecule has 1 unspecified atom stereocenters. The number of rotatable bonds is 4. The topological polar surface area (TPSA) is 81.2 Å². The van der Waals surface area contributed by atoms with E-state index >= 15 is 0 Å². The molecule has 1 aliphatic heterocycles. The van der Waals surface area contributed by atoms with Crippen LogP contribution in [0.3, 0.4) is 0 Å². The Hall–Kier alpha value is -1.70. The van der Waals surface area contributed by atoms with E-state index in [1.165, 1.54) is 10.5 Å². The number of nitrogens with zero attached hydrogens (tertiary/aromatic N) is 3. The molecule has 2 N–H and O–H groups in total. The Labute approximate surface area is 137 Å². The van der Waals surface area contributed by atoms with Gasteiger partial charge in [0.15, 0.2) is 0 Å². The zero-order valence-electron chi connectivity index (χ0n) is 13.2. The second-order valence-corrected chi connectivity index (χ2v) is 7.99. The molecular formula is C16H22N4O2S. The van der Waals surface area contributed by atoms with Crippen molar-refractivity contribution in [2.75, 3.05) is 13.1 Å². The average Bonchev–Trinajstić information content (AvgIpc) is 3.06. The Morgan fingerprint density at radius 3 is 2.48 bits per heavy atom. The second-order valence-electron chi connectivity index (χ2n) is 6.06. The van der Waals surface area contributed by atoms with E-state index in [0.29, 0.717) is 19.0 Å². The standard InChI is InChI=1S/C16H22N4O2S/c1-13(17)14-7-9-19(10-8-14)23(21,22)16-11-18-20(12-16)15-5-3-2-4-6-15/h2-6,11-14H,7-10,17H2,1H3. The third-order valence-corrected chi connectivity index (χ3v) is 6.31.